The number of hydrogen-bond donors (Lipinski definition) is 0. The van der Waals surface area contributed by atoms with E-state index in [1.165, 1.54) is 82.3 Å². The zero-order valence-corrected chi connectivity index (χ0v) is 17.0. The smallest absolute Gasteiger partial charge is 0.162 e. The van der Waals surface area contributed by atoms with Crippen molar-refractivity contribution in [2.75, 3.05) is 0 Å². The second-order valence-electron chi connectivity index (χ2n) is 8.86. The number of rotatable bonds is 9. The van der Waals surface area contributed by atoms with Crippen LogP contribution in [0.4, 0.5) is 8.78 Å². The Balaban J connectivity index is 1.38. The highest BCUT2D eigenvalue weighted by molar-refractivity contribution is 5.59. The van der Waals surface area contributed by atoms with Gasteiger partial charge in [-0.15, -0.1) is 0 Å². The molecule has 0 unspecified atom stereocenters. The molecule has 1 aromatic carbocycles. The van der Waals surface area contributed by atoms with E-state index in [1.807, 2.05) is 0 Å². The summed E-state index contributed by atoms with van der Waals surface area (Å²) in [5.41, 5.74) is 2.88. The molecular formula is C25H36F2. The molecule has 1 aromatic rings. The van der Waals surface area contributed by atoms with Gasteiger partial charge in [-0.25, -0.2) is 8.78 Å². The van der Waals surface area contributed by atoms with Gasteiger partial charge in [-0.3, -0.25) is 0 Å². The van der Waals surface area contributed by atoms with Gasteiger partial charge in [-0.2, -0.15) is 0 Å². The number of unbranched alkanes of at least 4 members (excludes halogenated alkanes) is 4. The summed E-state index contributed by atoms with van der Waals surface area (Å²) in [5, 5.41) is 0. The molecule has 0 spiro atoms. The van der Waals surface area contributed by atoms with Gasteiger partial charge in [-0.05, 0) is 54.7 Å². The van der Waals surface area contributed by atoms with Gasteiger partial charge in [0.25, 0.3) is 0 Å². The molecule has 0 aromatic heterocycles. The molecule has 2 aliphatic rings. The molecule has 0 aliphatic heterocycles. The lowest BCUT2D eigenvalue weighted by Crippen LogP contribution is -2.15. The first-order valence-electron chi connectivity index (χ1n) is 11.3. The van der Waals surface area contributed by atoms with Crippen LogP contribution in [0.3, 0.4) is 0 Å². The van der Waals surface area contributed by atoms with E-state index in [0.717, 1.165) is 30.2 Å². The van der Waals surface area contributed by atoms with Crippen LogP contribution in [-0.4, -0.2) is 0 Å². The Labute approximate surface area is 164 Å². The van der Waals surface area contributed by atoms with Crippen molar-refractivity contribution in [2.45, 2.75) is 96.8 Å². The highest BCUT2D eigenvalue weighted by Gasteiger charge is 2.22. The number of hydrogen-bond acceptors (Lipinski definition) is 0. The molecule has 0 amide bonds. The summed E-state index contributed by atoms with van der Waals surface area (Å²) in [6.07, 6.45) is 20.1. The molecule has 0 atom stereocenters. The predicted octanol–water partition coefficient (Wildman–Crippen LogP) is 8.24. The quantitative estimate of drug-likeness (QED) is 0.382. The normalized spacial score (nSPS) is 22.4. The molecule has 0 N–H and O–H groups in total. The van der Waals surface area contributed by atoms with Gasteiger partial charge in [0.2, 0.25) is 0 Å². The lowest BCUT2D eigenvalue weighted by Gasteiger charge is -2.29. The molecule has 1 saturated carbocycles. The monoisotopic (exact) mass is 374 g/mol. The highest BCUT2D eigenvalue weighted by Crippen LogP contribution is 2.36. The summed E-state index contributed by atoms with van der Waals surface area (Å²) >= 11 is 0. The Hall–Kier alpha value is -1.18. The third-order valence-electron chi connectivity index (χ3n) is 6.84. The third kappa shape index (κ3) is 5.90. The Morgan fingerprint density at radius 3 is 2.30 bits per heavy atom. The number of fused-ring (bicyclic) bond motifs is 1. The fourth-order valence-electron chi connectivity index (χ4n) is 5.01. The third-order valence-corrected chi connectivity index (χ3v) is 6.84. The first-order valence-corrected chi connectivity index (χ1v) is 11.3. The van der Waals surface area contributed by atoms with Gasteiger partial charge in [0.1, 0.15) is 0 Å². The van der Waals surface area contributed by atoms with E-state index in [4.69, 9.17) is 0 Å². The van der Waals surface area contributed by atoms with E-state index in [0.29, 0.717) is 12.0 Å². The molecular weight excluding hydrogens is 338 g/mol. The van der Waals surface area contributed by atoms with Gasteiger partial charge in [0.05, 0.1) is 0 Å². The van der Waals surface area contributed by atoms with Crippen LogP contribution in [0.5, 0.6) is 0 Å². The van der Waals surface area contributed by atoms with Crippen molar-refractivity contribution < 1.29 is 8.78 Å². The van der Waals surface area contributed by atoms with Crippen LogP contribution in [0.2, 0.25) is 0 Å². The van der Waals surface area contributed by atoms with E-state index in [9.17, 15) is 8.78 Å². The first kappa shape index (κ1) is 20.6. The van der Waals surface area contributed by atoms with Crippen LogP contribution in [0.15, 0.2) is 17.7 Å². The summed E-state index contributed by atoms with van der Waals surface area (Å²) in [4.78, 5) is 0. The molecule has 0 nitrogen and oxygen atoms in total. The maximum Gasteiger partial charge on any atom is 0.162 e. The molecule has 0 heterocycles. The lowest BCUT2D eigenvalue weighted by atomic mass is 9.77. The van der Waals surface area contributed by atoms with Crippen molar-refractivity contribution in [1.82, 2.24) is 0 Å². The molecule has 0 bridgehead atoms. The number of allylic oxidation sites excluding steroid dienone is 1. The van der Waals surface area contributed by atoms with Crippen molar-refractivity contribution in [3.05, 3.63) is 40.5 Å². The maximum atomic E-state index is 13.9. The summed E-state index contributed by atoms with van der Waals surface area (Å²) < 4.78 is 27.2. The Morgan fingerprint density at radius 1 is 0.852 bits per heavy atom. The van der Waals surface area contributed by atoms with Gasteiger partial charge in [0, 0.05) is 0 Å². The van der Waals surface area contributed by atoms with Crippen molar-refractivity contribution in [3.8, 4) is 0 Å². The minimum atomic E-state index is -0.715. The minimum absolute atomic E-state index is 0.568. The Bertz CT molecular complexity index is 623. The summed E-state index contributed by atoms with van der Waals surface area (Å²) in [7, 11) is 0. The van der Waals surface area contributed by atoms with Crippen LogP contribution < -0.4 is 0 Å². The van der Waals surface area contributed by atoms with Crippen LogP contribution in [0, 0.1) is 23.5 Å². The van der Waals surface area contributed by atoms with E-state index in [-0.39, 0.29) is 0 Å². The van der Waals surface area contributed by atoms with Crippen LogP contribution in [0.25, 0.3) is 6.08 Å². The van der Waals surface area contributed by atoms with Gasteiger partial charge < -0.3 is 0 Å². The van der Waals surface area contributed by atoms with Crippen LogP contribution in [-0.2, 0) is 6.42 Å². The second-order valence-corrected chi connectivity index (χ2v) is 8.86. The fourth-order valence-corrected chi connectivity index (χ4v) is 5.01. The summed E-state index contributed by atoms with van der Waals surface area (Å²) in [6.45, 7) is 2.28. The van der Waals surface area contributed by atoms with E-state index in [2.05, 4.69) is 13.0 Å². The fraction of sp³-hybridized carbons (Fsp3) is 0.680. The average Bonchev–Trinajstić information content (AvgIpc) is 2.70. The average molecular weight is 375 g/mol. The molecule has 27 heavy (non-hydrogen) atoms. The molecule has 1 fully saturated rings. The van der Waals surface area contributed by atoms with Crippen molar-refractivity contribution in [2.24, 2.45) is 11.8 Å². The summed E-state index contributed by atoms with van der Waals surface area (Å²) in [6, 6.07) is 3.00. The van der Waals surface area contributed by atoms with E-state index in [1.54, 1.807) is 6.07 Å². The minimum Gasteiger partial charge on any atom is -0.204 e. The van der Waals surface area contributed by atoms with Crippen LogP contribution in [0.1, 0.15) is 102 Å². The molecule has 150 valence electrons. The summed E-state index contributed by atoms with van der Waals surface area (Å²) in [5.74, 6) is 0.485. The van der Waals surface area contributed by atoms with Crippen molar-refractivity contribution in [1.29, 1.82) is 0 Å². The first-order chi connectivity index (χ1) is 13.2. The zero-order chi connectivity index (χ0) is 19.1. The van der Waals surface area contributed by atoms with E-state index >= 15 is 0 Å². The topological polar surface area (TPSA) is 0 Å². The molecule has 2 aliphatic carbocycles. The molecule has 3 rings (SSSR count). The lowest BCUT2D eigenvalue weighted by molar-refractivity contribution is 0.248. The Morgan fingerprint density at radius 2 is 1.56 bits per heavy atom. The van der Waals surface area contributed by atoms with Crippen molar-refractivity contribution in [3.63, 3.8) is 0 Å². The second kappa shape index (κ2) is 10.4. The van der Waals surface area contributed by atoms with Crippen molar-refractivity contribution >= 4 is 6.08 Å². The van der Waals surface area contributed by atoms with Gasteiger partial charge >= 0.3 is 0 Å². The predicted molar refractivity (Wildman–Crippen MR) is 111 cm³/mol. The number of benzene rings is 1. The van der Waals surface area contributed by atoms with Gasteiger partial charge in [-0.1, -0.05) is 88.8 Å². The maximum absolute atomic E-state index is 13.9. The SMILES string of the molecule is CCCCCCCC1CCC(CCC2=Cc3ccc(F)c(F)c3CC2)CC1. The van der Waals surface area contributed by atoms with Crippen LogP contribution >= 0.6 is 0 Å². The standard InChI is InChI=1S/C25H36F2/c1-2-3-4-5-6-7-19-8-10-20(11-9-19)12-13-21-14-16-23-22(18-21)15-17-24(26)25(23)27/h15,17-20H,2-14,16H2,1H3. The van der Waals surface area contributed by atoms with E-state index < -0.39 is 11.6 Å². The molecule has 0 saturated heterocycles. The zero-order valence-electron chi connectivity index (χ0n) is 17.0. The largest absolute Gasteiger partial charge is 0.204 e. The molecule has 2 heteroatoms. The number of halogens is 2. The Kier molecular flexibility index (Phi) is 7.91. The molecule has 0 radical (unpaired) electrons. The van der Waals surface area contributed by atoms with Gasteiger partial charge in [0.15, 0.2) is 11.6 Å². The highest BCUT2D eigenvalue weighted by atomic mass is 19.2.